The lowest BCUT2D eigenvalue weighted by molar-refractivity contribution is 0.245. The molecule has 2 aromatic rings. The maximum atomic E-state index is 13.5. The van der Waals surface area contributed by atoms with E-state index in [1.165, 1.54) is 0 Å². The highest BCUT2D eigenvalue weighted by Crippen LogP contribution is 2.38. The molecule has 1 aromatic carbocycles. The molecule has 1 saturated heterocycles. The zero-order chi connectivity index (χ0) is 18.3. The van der Waals surface area contributed by atoms with Gasteiger partial charge < -0.3 is 11.1 Å². The van der Waals surface area contributed by atoms with Crippen molar-refractivity contribution >= 4 is 34.8 Å². The second kappa shape index (κ2) is 6.78. The molecule has 0 aliphatic carbocycles. The van der Waals surface area contributed by atoms with Crippen molar-refractivity contribution in [1.82, 2.24) is 10.3 Å². The Morgan fingerprint density at radius 2 is 2.08 bits per heavy atom. The Labute approximate surface area is 157 Å². The SMILES string of the molecule is Cc1cccc(Cl)c1N1Cc2cnc(N)cc2N(C2CCNCC2)C1=O. The highest BCUT2D eigenvalue weighted by atomic mass is 35.5. The summed E-state index contributed by atoms with van der Waals surface area (Å²) in [5, 5.41) is 3.93. The molecule has 0 spiro atoms. The molecule has 4 rings (SSSR count). The van der Waals surface area contributed by atoms with E-state index in [2.05, 4.69) is 10.3 Å². The van der Waals surface area contributed by atoms with Gasteiger partial charge in [-0.15, -0.1) is 0 Å². The molecule has 0 atom stereocenters. The van der Waals surface area contributed by atoms with Crippen molar-refractivity contribution in [3.05, 3.63) is 46.6 Å². The number of nitrogens with one attached hydrogen (secondary N) is 1. The van der Waals surface area contributed by atoms with E-state index in [-0.39, 0.29) is 12.1 Å². The van der Waals surface area contributed by atoms with Crippen molar-refractivity contribution in [3.8, 4) is 0 Å². The molecule has 2 amide bonds. The monoisotopic (exact) mass is 371 g/mol. The minimum Gasteiger partial charge on any atom is -0.384 e. The third-order valence-electron chi connectivity index (χ3n) is 5.14. The molecule has 7 heteroatoms. The number of fused-ring (bicyclic) bond motifs is 1. The number of rotatable bonds is 2. The van der Waals surface area contributed by atoms with Gasteiger partial charge in [0.25, 0.3) is 0 Å². The van der Waals surface area contributed by atoms with Gasteiger partial charge in [-0.1, -0.05) is 23.7 Å². The van der Waals surface area contributed by atoms with E-state index in [1.807, 2.05) is 36.1 Å². The molecule has 2 aliphatic heterocycles. The lowest BCUT2D eigenvalue weighted by Gasteiger charge is -2.43. The van der Waals surface area contributed by atoms with Gasteiger partial charge in [0, 0.05) is 23.9 Å². The number of carbonyl (C=O) groups excluding carboxylic acids is 1. The van der Waals surface area contributed by atoms with Gasteiger partial charge >= 0.3 is 6.03 Å². The number of pyridine rings is 1. The summed E-state index contributed by atoms with van der Waals surface area (Å²) in [6, 6.07) is 7.59. The van der Waals surface area contributed by atoms with Crippen LogP contribution in [0.15, 0.2) is 30.5 Å². The summed E-state index contributed by atoms with van der Waals surface area (Å²) in [4.78, 5) is 21.4. The third-order valence-corrected chi connectivity index (χ3v) is 5.45. The normalized spacial score (nSPS) is 18.2. The Morgan fingerprint density at radius 1 is 1.31 bits per heavy atom. The van der Waals surface area contributed by atoms with E-state index < -0.39 is 0 Å². The van der Waals surface area contributed by atoms with Gasteiger partial charge in [-0.3, -0.25) is 9.80 Å². The van der Waals surface area contributed by atoms with Gasteiger partial charge in [0.15, 0.2) is 0 Å². The first-order valence-corrected chi connectivity index (χ1v) is 9.25. The molecular formula is C19H22ClN5O. The lowest BCUT2D eigenvalue weighted by atomic mass is 10.0. The number of aromatic nitrogens is 1. The Morgan fingerprint density at radius 3 is 2.81 bits per heavy atom. The Bertz CT molecular complexity index is 830. The maximum Gasteiger partial charge on any atom is 0.329 e. The number of hydrogen-bond donors (Lipinski definition) is 2. The van der Waals surface area contributed by atoms with Gasteiger partial charge in [0.05, 0.1) is 22.9 Å². The third kappa shape index (κ3) is 2.89. The minimum atomic E-state index is -0.0498. The number of amides is 2. The number of nitrogen functional groups attached to an aromatic ring is 1. The summed E-state index contributed by atoms with van der Waals surface area (Å²) in [7, 11) is 0. The maximum absolute atomic E-state index is 13.5. The second-order valence-electron chi connectivity index (χ2n) is 6.86. The molecule has 0 radical (unpaired) electrons. The molecule has 0 bridgehead atoms. The van der Waals surface area contributed by atoms with E-state index in [1.54, 1.807) is 11.1 Å². The molecule has 0 unspecified atom stereocenters. The number of aryl methyl sites for hydroxylation is 1. The van der Waals surface area contributed by atoms with Crippen molar-refractivity contribution in [2.45, 2.75) is 32.4 Å². The lowest BCUT2D eigenvalue weighted by Crippen LogP contribution is -2.54. The van der Waals surface area contributed by atoms with E-state index in [9.17, 15) is 4.79 Å². The van der Waals surface area contributed by atoms with Crippen LogP contribution in [0, 0.1) is 6.92 Å². The zero-order valence-corrected chi connectivity index (χ0v) is 15.5. The van der Waals surface area contributed by atoms with Crippen LogP contribution in [0.25, 0.3) is 0 Å². The van der Waals surface area contributed by atoms with Crippen LogP contribution >= 0.6 is 11.6 Å². The summed E-state index contributed by atoms with van der Waals surface area (Å²) in [5.41, 5.74) is 9.51. The topological polar surface area (TPSA) is 74.5 Å². The fourth-order valence-corrected chi connectivity index (χ4v) is 4.19. The number of nitrogens with two attached hydrogens (primary N) is 1. The van der Waals surface area contributed by atoms with Crippen LogP contribution in [-0.2, 0) is 6.54 Å². The predicted molar refractivity (Wildman–Crippen MR) is 105 cm³/mol. The van der Waals surface area contributed by atoms with E-state index in [4.69, 9.17) is 17.3 Å². The number of carbonyl (C=O) groups is 1. The molecule has 26 heavy (non-hydrogen) atoms. The standard InChI is InChI=1S/C19H22ClN5O/c1-12-3-2-4-15(20)18(12)24-11-13-10-23-17(21)9-16(13)25(19(24)26)14-5-7-22-8-6-14/h2-4,9-10,14,22H,5-8,11H2,1H3,(H2,21,23). The van der Waals surface area contributed by atoms with E-state index >= 15 is 0 Å². The van der Waals surface area contributed by atoms with E-state index in [0.717, 1.165) is 48.4 Å². The summed E-state index contributed by atoms with van der Waals surface area (Å²) in [6.07, 6.45) is 3.58. The Balaban J connectivity index is 1.82. The zero-order valence-electron chi connectivity index (χ0n) is 14.7. The van der Waals surface area contributed by atoms with Crippen molar-refractivity contribution in [2.75, 3.05) is 28.6 Å². The van der Waals surface area contributed by atoms with Crippen LogP contribution in [0.1, 0.15) is 24.0 Å². The second-order valence-corrected chi connectivity index (χ2v) is 7.27. The smallest absolute Gasteiger partial charge is 0.329 e. The highest BCUT2D eigenvalue weighted by molar-refractivity contribution is 6.34. The van der Waals surface area contributed by atoms with Crippen LogP contribution in [0.4, 0.5) is 22.0 Å². The first-order chi connectivity index (χ1) is 12.6. The first-order valence-electron chi connectivity index (χ1n) is 8.87. The van der Waals surface area contributed by atoms with E-state index in [0.29, 0.717) is 17.4 Å². The Hall–Kier alpha value is -2.31. The van der Waals surface area contributed by atoms with Crippen LogP contribution in [0.2, 0.25) is 5.02 Å². The van der Waals surface area contributed by atoms with Crippen molar-refractivity contribution < 1.29 is 4.79 Å². The van der Waals surface area contributed by atoms with Crippen LogP contribution < -0.4 is 20.9 Å². The largest absolute Gasteiger partial charge is 0.384 e. The molecule has 6 nitrogen and oxygen atoms in total. The summed E-state index contributed by atoms with van der Waals surface area (Å²) < 4.78 is 0. The summed E-state index contributed by atoms with van der Waals surface area (Å²) in [5.74, 6) is 0.429. The van der Waals surface area contributed by atoms with Gasteiger partial charge in [0.2, 0.25) is 0 Å². The predicted octanol–water partition coefficient (Wildman–Crippen LogP) is 3.32. The fraction of sp³-hybridized carbons (Fsp3) is 0.368. The average molecular weight is 372 g/mol. The molecule has 136 valence electrons. The molecule has 1 aromatic heterocycles. The van der Waals surface area contributed by atoms with Crippen LogP contribution in [-0.4, -0.2) is 30.1 Å². The summed E-state index contributed by atoms with van der Waals surface area (Å²) in [6.45, 7) is 4.21. The number of halogens is 1. The van der Waals surface area contributed by atoms with Gasteiger partial charge in [-0.25, -0.2) is 9.78 Å². The molecular weight excluding hydrogens is 350 g/mol. The number of benzene rings is 1. The number of para-hydroxylation sites is 1. The number of anilines is 3. The number of piperidine rings is 1. The molecule has 0 saturated carbocycles. The number of urea groups is 1. The number of nitrogens with zero attached hydrogens (tertiary/aromatic N) is 3. The molecule has 3 N–H and O–H groups in total. The quantitative estimate of drug-likeness (QED) is 0.849. The average Bonchev–Trinajstić information content (AvgIpc) is 2.63. The van der Waals surface area contributed by atoms with Gasteiger partial charge in [-0.05, 0) is 44.5 Å². The molecule has 3 heterocycles. The van der Waals surface area contributed by atoms with Gasteiger partial charge in [-0.2, -0.15) is 0 Å². The highest BCUT2D eigenvalue weighted by Gasteiger charge is 2.37. The first kappa shape index (κ1) is 17.1. The fourth-order valence-electron chi connectivity index (χ4n) is 3.86. The minimum absolute atomic E-state index is 0.0498. The van der Waals surface area contributed by atoms with Crippen LogP contribution in [0.3, 0.4) is 0 Å². The summed E-state index contributed by atoms with van der Waals surface area (Å²) >= 11 is 6.46. The van der Waals surface area contributed by atoms with Gasteiger partial charge in [0.1, 0.15) is 5.82 Å². The van der Waals surface area contributed by atoms with Crippen molar-refractivity contribution in [2.24, 2.45) is 0 Å². The number of hydrogen-bond acceptors (Lipinski definition) is 4. The van der Waals surface area contributed by atoms with Crippen LogP contribution in [0.5, 0.6) is 0 Å². The Kier molecular flexibility index (Phi) is 4.46. The van der Waals surface area contributed by atoms with Crippen molar-refractivity contribution in [1.29, 1.82) is 0 Å². The molecule has 2 aliphatic rings. The van der Waals surface area contributed by atoms with Crippen molar-refractivity contribution in [3.63, 3.8) is 0 Å². The molecule has 1 fully saturated rings.